The lowest BCUT2D eigenvalue weighted by Crippen LogP contribution is -2.23. The van der Waals surface area contributed by atoms with Gasteiger partial charge in [0.1, 0.15) is 0 Å². The zero-order valence-corrected chi connectivity index (χ0v) is 21.6. The van der Waals surface area contributed by atoms with Crippen LogP contribution in [0.25, 0.3) is 0 Å². The van der Waals surface area contributed by atoms with Crippen molar-refractivity contribution in [3.8, 4) is 12.3 Å². The average Bonchev–Trinajstić information content (AvgIpc) is 2.69. The van der Waals surface area contributed by atoms with Crippen molar-refractivity contribution >= 4 is 0 Å². The van der Waals surface area contributed by atoms with E-state index in [9.17, 15) is 4.39 Å². The van der Waals surface area contributed by atoms with Crippen molar-refractivity contribution in [2.24, 2.45) is 22.1 Å². The molecule has 1 rings (SSSR count). The molecule has 0 radical (unpaired) electrons. The van der Waals surface area contributed by atoms with Crippen LogP contribution < -0.4 is 0 Å². The van der Waals surface area contributed by atoms with E-state index in [0.29, 0.717) is 5.41 Å². The molecule has 0 N–H and O–H groups in total. The Morgan fingerprint density at radius 2 is 1.48 bits per heavy atom. The molecule has 0 spiro atoms. The number of hydrogen-bond donors (Lipinski definition) is 0. The quantitative estimate of drug-likeness (QED) is 0.396. The lowest BCUT2D eigenvalue weighted by molar-refractivity contribution is 0.155. The molecule has 1 saturated carbocycles. The fourth-order valence-electron chi connectivity index (χ4n) is 1.88. The van der Waals surface area contributed by atoms with Gasteiger partial charge < -0.3 is 0 Å². The predicted molar refractivity (Wildman–Crippen MR) is 136 cm³/mol. The van der Waals surface area contributed by atoms with E-state index < -0.39 is 26.0 Å². The first-order valence-corrected chi connectivity index (χ1v) is 11.0. The van der Waals surface area contributed by atoms with Crippen LogP contribution in [0.2, 0.25) is 0 Å². The van der Waals surface area contributed by atoms with Crippen LogP contribution in [-0.2, 0) is 0 Å². The molecule has 0 amide bonds. The van der Waals surface area contributed by atoms with Crippen molar-refractivity contribution in [2.75, 3.05) is 6.67 Å². The molecule has 0 nitrogen and oxygen atoms in total. The second kappa shape index (κ2) is 20.8. The van der Waals surface area contributed by atoms with Gasteiger partial charge >= 0.3 is 0 Å². The first-order valence-electron chi connectivity index (χ1n) is 15.5. The second-order valence-electron chi connectivity index (χ2n) is 10.2. The normalized spacial score (nSPS) is 20.4. The Balaban J connectivity index is -0.000000205. The fraction of sp³-hybridized carbons (Fsp3) is 0.929. The van der Waals surface area contributed by atoms with Crippen LogP contribution >= 0.6 is 0 Å². The van der Waals surface area contributed by atoms with Gasteiger partial charge in [-0.2, -0.15) is 0 Å². The van der Waals surface area contributed by atoms with E-state index in [-0.39, 0.29) is 12.1 Å². The highest BCUT2D eigenvalue weighted by atomic mass is 19.1. The van der Waals surface area contributed by atoms with Crippen molar-refractivity contribution in [3.05, 3.63) is 0 Å². The lowest BCUT2D eigenvalue weighted by atomic mass is 9.69. The van der Waals surface area contributed by atoms with Crippen LogP contribution in [0.15, 0.2) is 0 Å². The van der Waals surface area contributed by atoms with E-state index in [1.807, 2.05) is 27.7 Å². The molecule has 0 saturated heterocycles. The Morgan fingerprint density at radius 1 is 1.07 bits per heavy atom. The van der Waals surface area contributed by atoms with Gasteiger partial charge in [-0.1, -0.05) is 116 Å². The molecule has 29 heavy (non-hydrogen) atoms. The molecule has 1 fully saturated rings. The SMILES string of the molecule is C#CCC.CC(C)(C)CF.CCC1(C)CCC1.CCCC(C)(C)C.[2H]C([2H])([2H])C([2H])(C([2H])([2H])[2H])C([2H])([2H])C. The zero-order valence-electron chi connectivity index (χ0n) is 30.6. The van der Waals surface area contributed by atoms with Gasteiger partial charge in [0.2, 0.25) is 0 Å². The molecule has 0 unspecified atom stereocenters. The van der Waals surface area contributed by atoms with Gasteiger partial charge in [0.25, 0.3) is 0 Å². The third-order valence-corrected chi connectivity index (χ3v) is 4.27. The van der Waals surface area contributed by atoms with E-state index in [1.54, 1.807) is 0 Å². The Labute approximate surface area is 199 Å². The summed E-state index contributed by atoms with van der Waals surface area (Å²) in [6.07, 6.45) is 11.4. The predicted octanol–water partition coefficient (Wildman–Crippen LogP) is 10.5. The third-order valence-electron chi connectivity index (χ3n) is 4.27. The van der Waals surface area contributed by atoms with Crippen molar-refractivity contribution in [3.63, 3.8) is 0 Å². The van der Waals surface area contributed by atoms with Crippen LogP contribution in [-0.4, -0.2) is 6.67 Å². The topological polar surface area (TPSA) is 0 Å². The number of halogens is 1. The summed E-state index contributed by atoms with van der Waals surface area (Å²) in [5.74, 6) is -0.674. The summed E-state index contributed by atoms with van der Waals surface area (Å²) >= 11 is 0. The van der Waals surface area contributed by atoms with Crippen molar-refractivity contribution in [1.82, 2.24) is 0 Å². The Bertz CT molecular complexity index is 580. The summed E-state index contributed by atoms with van der Waals surface area (Å²) in [6.45, 7) is 15.4. The highest BCUT2D eigenvalue weighted by Gasteiger charge is 2.28. The van der Waals surface area contributed by atoms with Crippen LogP contribution in [0.1, 0.15) is 154 Å². The first kappa shape index (κ1) is 19.2. The summed E-state index contributed by atoms with van der Waals surface area (Å²) in [6, 6.07) is 0. The van der Waals surface area contributed by atoms with Gasteiger partial charge in [-0.3, -0.25) is 4.39 Å². The molecule has 1 aliphatic rings. The smallest absolute Gasteiger partial charge is 0.0942 e. The minimum atomic E-state index is -3.20. The maximum atomic E-state index is 11.5. The van der Waals surface area contributed by atoms with E-state index in [4.69, 9.17) is 18.8 Å². The van der Waals surface area contributed by atoms with Gasteiger partial charge in [0.15, 0.2) is 0 Å². The molecule has 178 valence electrons. The molecule has 0 aromatic carbocycles. The Morgan fingerprint density at radius 3 is 1.48 bits per heavy atom. The van der Waals surface area contributed by atoms with Gasteiger partial charge in [0.05, 0.1) is 6.67 Å². The fourth-order valence-corrected chi connectivity index (χ4v) is 1.88. The molecule has 0 heterocycles. The number of alkyl halides is 1. The van der Waals surface area contributed by atoms with Crippen LogP contribution in [0.3, 0.4) is 0 Å². The van der Waals surface area contributed by atoms with Gasteiger partial charge in [-0.25, -0.2) is 0 Å². The Kier molecular flexibility index (Phi) is 13.7. The van der Waals surface area contributed by atoms with Crippen molar-refractivity contribution < 1.29 is 16.7 Å². The standard InChI is InChI=1S/C7H14.C7H16.C5H11F.C5H12.C4H6/c1-3-7(2)5-4-6-7;1-5-6-7(2,3)4;1-5(2,3)4-6;1-4-5(2)3;1-3-4-2/h3-6H2,1-2H3;5-6H2,1-4H3;4H2,1-3H3;5H,4H2,1-3H3;1H,4H2,2H3/i;;;2D3,3D3,4D2,5D;. The van der Waals surface area contributed by atoms with E-state index in [1.165, 1.54) is 38.5 Å². The molecular weight excluding hydrogens is 355 g/mol. The number of terminal acetylenes is 1. The average molecular weight is 424 g/mol. The van der Waals surface area contributed by atoms with Gasteiger partial charge in [0, 0.05) is 18.8 Å². The highest BCUT2D eigenvalue weighted by molar-refractivity contribution is 4.81. The van der Waals surface area contributed by atoms with E-state index in [0.717, 1.165) is 18.8 Å². The second-order valence-corrected chi connectivity index (χ2v) is 10.2. The lowest BCUT2D eigenvalue weighted by Gasteiger charge is -2.37. The first-order chi connectivity index (χ1) is 16.6. The zero-order chi connectivity index (χ0) is 31.9. The van der Waals surface area contributed by atoms with Crippen LogP contribution in [0.4, 0.5) is 4.39 Å². The summed E-state index contributed by atoms with van der Waals surface area (Å²) in [5, 5.41) is 0. The third kappa shape index (κ3) is 42.5. The molecule has 0 aromatic rings. The molecule has 1 aliphatic carbocycles. The van der Waals surface area contributed by atoms with Crippen molar-refractivity contribution in [2.45, 2.75) is 141 Å². The van der Waals surface area contributed by atoms with Gasteiger partial charge in [-0.05, 0) is 41.4 Å². The molecule has 0 aliphatic heterocycles. The van der Waals surface area contributed by atoms with Crippen molar-refractivity contribution in [1.29, 1.82) is 0 Å². The summed E-state index contributed by atoms with van der Waals surface area (Å²) in [4.78, 5) is 0. The Hall–Kier alpha value is -0.510. The van der Waals surface area contributed by atoms with Crippen LogP contribution in [0, 0.1) is 34.5 Å². The van der Waals surface area contributed by atoms with E-state index in [2.05, 4.69) is 47.5 Å². The summed E-state index contributed by atoms with van der Waals surface area (Å²) < 4.78 is 74.8. The monoisotopic (exact) mass is 424 g/mol. The highest BCUT2D eigenvalue weighted by Crippen LogP contribution is 2.42. The summed E-state index contributed by atoms with van der Waals surface area (Å²) in [5.41, 5.74) is 1.19. The van der Waals surface area contributed by atoms with E-state index >= 15 is 0 Å². The minimum absolute atomic E-state index is 0.125. The maximum absolute atomic E-state index is 11.5. The molecule has 0 bridgehead atoms. The number of hydrogen-bond acceptors (Lipinski definition) is 0. The molecule has 0 atom stereocenters. The molecule has 1 heteroatoms. The molecular formula is C28H59F. The molecule has 0 aromatic heterocycles. The van der Waals surface area contributed by atoms with Crippen LogP contribution in [0.5, 0.6) is 0 Å². The largest absolute Gasteiger partial charge is 0.251 e. The summed E-state index contributed by atoms with van der Waals surface area (Å²) in [7, 11) is 0. The number of rotatable bonds is 3. The minimum Gasteiger partial charge on any atom is -0.251 e. The maximum Gasteiger partial charge on any atom is 0.0942 e. The van der Waals surface area contributed by atoms with Gasteiger partial charge in [-0.15, -0.1) is 12.3 Å².